The predicted molar refractivity (Wildman–Crippen MR) is 315 cm³/mol. The standard InChI is InChI=1S/C9H21NOPS.C9H21O2PS.C8H19NOPS2.C8H19O3PS.C8H19O2PS2.2Rb/c1-8(2,3)7-12(11,13)10-9(4,5)6;1-8(2,3)7-12(10,13)11-9(4,5)6;1-7(2,3)9-11(10,12)13-8(4,5)6;1-7(2,3)10-12(9,13)11-8(4,5)6;1-7(2,3)10-11(9,12)13-8(4,5)6;;/h7H2,1-6H3,(H-,10,11,13);7H2,1-6H3,(H,10,13);1-6H3,(H-,9,10,12);1-6H3,(H,9,13);1-6H3,(H,9,12);;/q-1;;-1;;;2*+1. The van der Waals surface area contributed by atoms with Gasteiger partial charge in [-0.15, -0.1) is 22.5 Å². The second kappa shape index (κ2) is 33.1. The molecule has 4 atom stereocenters. The summed E-state index contributed by atoms with van der Waals surface area (Å²) in [5, 5.41) is 8.58. The van der Waals surface area contributed by atoms with E-state index in [0.29, 0.717) is 12.3 Å². The molecule has 0 fully saturated rings. The summed E-state index contributed by atoms with van der Waals surface area (Å²) in [4.78, 5) is 49.3. The third-order valence-electron chi connectivity index (χ3n) is 4.60. The van der Waals surface area contributed by atoms with Crippen molar-refractivity contribution < 1.29 is 159 Å². The van der Waals surface area contributed by atoms with Crippen molar-refractivity contribution in [3.63, 3.8) is 0 Å². The van der Waals surface area contributed by atoms with Crippen molar-refractivity contribution in [2.24, 2.45) is 10.8 Å². The zero-order chi connectivity index (χ0) is 54.6. The smallest absolute Gasteiger partial charge is 0.600 e. The first-order chi connectivity index (χ1) is 27.1. The van der Waals surface area contributed by atoms with Gasteiger partial charge in [0.1, 0.15) is 0 Å². The van der Waals surface area contributed by atoms with Gasteiger partial charge in [-0.1, -0.05) is 160 Å². The van der Waals surface area contributed by atoms with E-state index >= 15 is 0 Å². The Labute approximate surface area is 546 Å². The van der Waals surface area contributed by atoms with Gasteiger partial charge >= 0.3 is 123 Å². The Morgan fingerprint density at radius 1 is 0.388 bits per heavy atom. The summed E-state index contributed by atoms with van der Waals surface area (Å²) in [5.74, 6) is 0. The third kappa shape index (κ3) is 82.1. The quantitative estimate of drug-likeness (QED) is 0.131. The van der Waals surface area contributed by atoms with Crippen LogP contribution in [0.5, 0.6) is 0 Å². The number of hydrogen-bond acceptors (Lipinski definition) is 11. The predicted octanol–water partition coefficient (Wildman–Crippen LogP) is 11.0. The summed E-state index contributed by atoms with van der Waals surface area (Å²) in [6.07, 6.45) is -1.30. The Kier molecular flexibility index (Phi) is 43.5. The van der Waals surface area contributed by atoms with Crippen molar-refractivity contribution in [1.82, 2.24) is 0 Å². The molecule has 0 aliphatic carbocycles. The van der Waals surface area contributed by atoms with Crippen LogP contribution < -0.4 is 116 Å². The molecule has 5 N–H and O–H groups in total. The van der Waals surface area contributed by atoms with Gasteiger partial charge < -0.3 is 52.7 Å². The van der Waals surface area contributed by atoms with Crippen LogP contribution in [-0.4, -0.2) is 79.8 Å². The minimum absolute atomic E-state index is 0. The van der Waals surface area contributed by atoms with E-state index in [9.17, 15) is 24.5 Å². The van der Waals surface area contributed by atoms with Crippen molar-refractivity contribution in [3.05, 3.63) is 10.2 Å². The molecule has 0 aromatic carbocycles. The molecule has 0 saturated carbocycles. The van der Waals surface area contributed by atoms with Crippen LogP contribution in [0.2, 0.25) is 0 Å². The molecule has 0 rings (SSSR count). The van der Waals surface area contributed by atoms with Crippen LogP contribution in [0.4, 0.5) is 0 Å². The number of hydrogen-bond donors (Lipinski definition) is 5. The van der Waals surface area contributed by atoms with Gasteiger partial charge in [0.05, 0.1) is 22.4 Å². The first-order valence-electron chi connectivity index (χ1n) is 21.4. The molecule has 25 heteroatoms. The van der Waals surface area contributed by atoms with Gasteiger partial charge in [-0.3, -0.25) is 0 Å². The molecule has 400 valence electrons. The fraction of sp³-hybridized carbons (Fsp3) is 1.00. The summed E-state index contributed by atoms with van der Waals surface area (Å²) >= 11 is 28.0. The zero-order valence-electron chi connectivity index (χ0n) is 48.3. The van der Waals surface area contributed by atoms with Crippen LogP contribution in [0.15, 0.2) is 0 Å². The average Bonchev–Trinajstić information content (AvgIpc) is 2.68. The molecule has 0 radical (unpaired) electrons. The summed E-state index contributed by atoms with van der Waals surface area (Å²) < 4.78 is 21.4. The van der Waals surface area contributed by atoms with Crippen LogP contribution in [0.25, 0.3) is 10.2 Å². The minimum Gasteiger partial charge on any atom is -0.600 e. The van der Waals surface area contributed by atoms with Gasteiger partial charge in [0.2, 0.25) is 5.69 Å². The average molecular weight is 1330 g/mol. The molecular formula is C42H99N2O9P5Rb2S7. The summed E-state index contributed by atoms with van der Waals surface area (Å²) in [7, 11) is 0. The van der Waals surface area contributed by atoms with E-state index in [1.807, 2.05) is 166 Å². The molecule has 0 heterocycles. The maximum absolute atomic E-state index is 9.94. The SMILES string of the molecule is CC(C)(C)CP(O)(=S)OC(C)(C)C.CC(C)(C)CP(O)(=S)[N-]C(C)(C)C.CC(C)(C)OP(O)(=S)OC(C)(C)C.CC(C)(C)OP(O)(=S)SC(C)(C)C.CC(C)(C)[N-]P(O)(=S)SC(C)(C)C.[Rb+].[Rb+]. The second-order valence-electron chi connectivity index (χ2n) is 25.9. The zero-order valence-corrected chi connectivity index (χ0v) is 68.3. The number of nitrogens with zero attached hydrogens (tertiary/aromatic N) is 2. The molecular weight excluding hydrogens is 1230 g/mol. The molecule has 0 aliphatic heterocycles. The fourth-order valence-corrected chi connectivity index (χ4v) is 29.4. The summed E-state index contributed by atoms with van der Waals surface area (Å²) in [6, 6.07) is 0. The molecule has 4 unspecified atom stereocenters. The van der Waals surface area contributed by atoms with Crippen molar-refractivity contribution in [2.75, 3.05) is 12.3 Å². The molecule has 67 heavy (non-hydrogen) atoms. The monoisotopic (exact) mass is 1320 g/mol. The second-order valence-corrected chi connectivity index (χ2v) is 49.3. The first kappa shape index (κ1) is 88.0. The molecule has 0 aromatic heterocycles. The van der Waals surface area contributed by atoms with E-state index in [0.717, 1.165) is 0 Å². The van der Waals surface area contributed by atoms with E-state index in [2.05, 4.69) is 51.7 Å². The van der Waals surface area contributed by atoms with Gasteiger partial charge in [0.15, 0.2) is 6.49 Å². The number of rotatable bonds is 10. The topological polar surface area (TPSA) is 166 Å². The van der Waals surface area contributed by atoms with Gasteiger partial charge in [0.25, 0.3) is 0 Å². The summed E-state index contributed by atoms with van der Waals surface area (Å²) in [5.41, 5.74) is -7.32. The Morgan fingerprint density at radius 2 is 0.657 bits per heavy atom. The fourth-order valence-electron chi connectivity index (χ4n) is 4.36. The van der Waals surface area contributed by atoms with Crippen molar-refractivity contribution in [3.8, 4) is 0 Å². The van der Waals surface area contributed by atoms with E-state index in [1.165, 1.54) is 22.8 Å². The largest absolute Gasteiger partial charge is 1.00 e. The Balaban J connectivity index is -0.000000133. The maximum atomic E-state index is 9.94. The minimum atomic E-state index is -3.10. The van der Waals surface area contributed by atoms with Crippen LogP contribution in [0.3, 0.4) is 0 Å². The Bertz CT molecular complexity index is 1270. The van der Waals surface area contributed by atoms with E-state index in [4.69, 9.17) is 77.1 Å². The van der Waals surface area contributed by atoms with E-state index in [1.54, 1.807) is 0 Å². The van der Waals surface area contributed by atoms with Gasteiger partial charge in [-0.05, 0) is 142 Å². The molecule has 0 amide bonds. The van der Waals surface area contributed by atoms with Crippen LogP contribution in [0, 0.1) is 10.8 Å². The van der Waals surface area contributed by atoms with Gasteiger partial charge in [-0.25, -0.2) is 0 Å². The summed E-state index contributed by atoms with van der Waals surface area (Å²) in [6.45, 7) is 53.0. The normalized spacial score (nSPS) is 17.1. The van der Waals surface area contributed by atoms with Crippen molar-refractivity contribution in [2.45, 2.75) is 251 Å². The van der Waals surface area contributed by atoms with Crippen molar-refractivity contribution in [1.29, 1.82) is 0 Å². The third-order valence-corrected chi connectivity index (χ3v) is 22.5. The molecule has 11 nitrogen and oxygen atoms in total. The van der Waals surface area contributed by atoms with Crippen molar-refractivity contribution >= 4 is 113 Å². The Hall–Kier alpha value is 7.12. The molecule has 0 spiro atoms. The van der Waals surface area contributed by atoms with Crippen LogP contribution in [-0.2, 0) is 77.1 Å². The molecule has 0 aliphatic rings. The van der Waals surface area contributed by atoms with Crippen LogP contribution in [0.1, 0.15) is 208 Å². The maximum Gasteiger partial charge on any atom is 1.00 e. The van der Waals surface area contributed by atoms with Gasteiger partial charge in [-0.2, -0.15) is 0 Å². The van der Waals surface area contributed by atoms with Crippen LogP contribution >= 0.6 is 53.7 Å². The molecule has 0 aromatic rings. The van der Waals surface area contributed by atoms with E-state index in [-0.39, 0.29) is 159 Å². The van der Waals surface area contributed by atoms with Gasteiger partial charge in [0, 0.05) is 21.3 Å². The van der Waals surface area contributed by atoms with E-state index < -0.39 is 42.1 Å². The Morgan fingerprint density at radius 3 is 0.866 bits per heavy atom. The molecule has 0 bridgehead atoms. The molecule has 0 saturated heterocycles. The first-order valence-corrected chi connectivity index (χ1v) is 38.0.